The Balaban J connectivity index is 1.12. The van der Waals surface area contributed by atoms with E-state index in [2.05, 4.69) is 30.4 Å². The van der Waals surface area contributed by atoms with Crippen molar-refractivity contribution < 1.29 is 19.3 Å². The van der Waals surface area contributed by atoms with E-state index in [0.717, 1.165) is 35.8 Å². The molecule has 0 amide bonds. The summed E-state index contributed by atoms with van der Waals surface area (Å²) in [5.74, 6) is 4.59. The van der Waals surface area contributed by atoms with Crippen LogP contribution in [0.3, 0.4) is 0 Å². The zero-order chi connectivity index (χ0) is 15.9. The molecule has 3 atom stereocenters. The molecule has 2 aliphatic heterocycles. The average molecular weight is 328 g/mol. The van der Waals surface area contributed by atoms with E-state index in [4.69, 9.17) is 9.47 Å². The van der Waals surface area contributed by atoms with Crippen molar-refractivity contribution in [2.24, 2.45) is 17.8 Å². The monoisotopic (exact) mass is 328 g/mol. The largest absolute Gasteiger partial charge is 0.454 e. The molecule has 4 heteroatoms. The Labute approximate surface area is 144 Å². The molecule has 2 N–H and O–H groups in total. The van der Waals surface area contributed by atoms with Gasteiger partial charge in [0.2, 0.25) is 6.79 Å². The lowest BCUT2D eigenvalue weighted by Crippen LogP contribution is -3.27. The van der Waals surface area contributed by atoms with Crippen LogP contribution in [0.1, 0.15) is 18.4 Å². The molecule has 2 bridgehead atoms. The normalized spacial score (nSPS) is 36.4. The Morgan fingerprint density at radius 3 is 2.54 bits per heavy atom. The topological polar surface area (TPSA) is 27.3 Å². The lowest BCUT2D eigenvalue weighted by molar-refractivity contribution is -1.02. The zero-order valence-corrected chi connectivity index (χ0v) is 14.3. The maximum Gasteiger partial charge on any atom is 0.231 e. The Morgan fingerprint density at radius 1 is 0.917 bits per heavy atom. The van der Waals surface area contributed by atoms with Gasteiger partial charge in [0.1, 0.15) is 32.7 Å². The van der Waals surface area contributed by atoms with Crippen LogP contribution < -0.4 is 19.3 Å². The number of hydrogen-bond donors (Lipinski definition) is 2. The van der Waals surface area contributed by atoms with Gasteiger partial charge >= 0.3 is 0 Å². The van der Waals surface area contributed by atoms with Gasteiger partial charge in [-0.1, -0.05) is 12.2 Å². The molecule has 1 saturated heterocycles. The summed E-state index contributed by atoms with van der Waals surface area (Å²) in [4.78, 5) is 3.56. The Morgan fingerprint density at radius 2 is 1.75 bits per heavy atom. The molecule has 4 nitrogen and oxygen atoms in total. The van der Waals surface area contributed by atoms with Crippen LogP contribution in [0, 0.1) is 17.8 Å². The first-order chi connectivity index (χ1) is 11.8. The highest BCUT2D eigenvalue weighted by Gasteiger charge is 2.38. The maximum absolute atomic E-state index is 5.50. The molecule has 0 aromatic heterocycles. The molecule has 24 heavy (non-hydrogen) atoms. The summed E-state index contributed by atoms with van der Waals surface area (Å²) in [6.07, 6.45) is 7.86. The summed E-state index contributed by atoms with van der Waals surface area (Å²) < 4.78 is 10.9. The van der Waals surface area contributed by atoms with E-state index in [0.29, 0.717) is 6.79 Å². The number of rotatable bonds is 4. The van der Waals surface area contributed by atoms with E-state index in [9.17, 15) is 0 Å². The van der Waals surface area contributed by atoms with Gasteiger partial charge in [0.15, 0.2) is 11.5 Å². The lowest BCUT2D eigenvalue weighted by atomic mass is 9.93. The van der Waals surface area contributed by atoms with Crippen molar-refractivity contribution in [3.63, 3.8) is 0 Å². The number of quaternary nitrogens is 2. The first-order valence-electron chi connectivity index (χ1n) is 9.57. The van der Waals surface area contributed by atoms with Crippen molar-refractivity contribution in [3.05, 3.63) is 35.9 Å². The third-order valence-corrected chi connectivity index (χ3v) is 6.52. The lowest BCUT2D eigenvalue weighted by Gasteiger charge is -2.32. The highest BCUT2D eigenvalue weighted by atomic mass is 16.7. The van der Waals surface area contributed by atoms with Gasteiger partial charge in [0.05, 0.1) is 6.54 Å². The highest BCUT2D eigenvalue weighted by molar-refractivity contribution is 5.44. The smallest absolute Gasteiger partial charge is 0.231 e. The van der Waals surface area contributed by atoms with Crippen LogP contribution in [0.4, 0.5) is 0 Å². The molecule has 0 unspecified atom stereocenters. The summed E-state index contributed by atoms with van der Waals surface area (Å²) in [5, 5.41) is 0. The third kappa shape index (κ3) is 2.82. The number of benzene rings is 1. The summed E-state index contributed by atoms with van der Waals surface area (Å²) in [7, 11) is 0. The molecule has 0 spiro atoms. The van der Waals surface area contributed by atoms with Gasteiger partial charge in [-0.05, 0) is 42.9 Å². The number of nitrogens with one attached hydrogen (secondary N) is 2. The van der Waals surface area contributed by atoms with Crippen molar-refractivity contribution in [1.82, 2.24) is 0 Å². The van der Waals surface area contributed by atoms with Crippen LogP contribution in [-0.2, 0) is 6.54 Å². The van der Waals surface area contributed by atoms with Crippen molar-refractivity contribution >= 4 is 0 Å². The van der Waals surface area contributed by atoms with E-state index >= 15 is 0 Å². The Hall–Kier alpha value is -1.52. The fourth-order valence-corrected chi connectivity index (χ4v) is 5.18. The summed E-state index contributed by atoms with van der Waals surface area (Å²) in [5.41, 5.74) is 1.37. The second kappa shape index (κ2) is 6.08. The van der Waals surface area contributed by atoms with Crippen LogP contribution in [0.25, 0.3) is 0 Å². The quantitative estimate of drug-likeness (QED) is 0.756. The molecule has 5 rings (SSSR count). The van der Waals surface area contributed by atoms with E-state index in [-0.39, 0.29) is 0 Å². The van der Waals surface area contributed by atoms with Gasteiger partial charge < -0.3 is 19.3 Å². The van der Waals surface area contributed by atoms with E-state index in [1.165, 1.54) is 51.1 Å². The van der Waals surface area contributed by atoms with Crippen LogP contribution in [0.15, 0.2) is 30.4 Å². The van der Waals surface area contributed by atoms with Gasteiger partial charge in [0.25, 0.3) is 0 Å². The van der Waals surface area contributed by atoms with Gasteiger partial charge in [-0.2, -0.15) is 0 Å². The predicted octanol–water partition coefficient (Wildman–Crippen LogP) is -0.0891. The predicted molar refractivity (Wildman–Crippen MR) is 91.4 cm³/mol. The molecule has 1 aromatic carbocycles. The molecule has 1 aromatic rings. The molecule has 128 valence electrons. The molecule has 2 aliphatic carbocycles. The van der Waals surface area contributed by atoms with Gasteiger partial charge in [0, 0.05) is 11.5 Å². The SMILES string of the molecule is C1=C[C@H]2C[C@@H]1C[C@@H]2C[NH+]1CC[NH+](Cc2ccc3c(c2)OCO3)CC1. The Kier molecular flexibility index (Phi) is 3.75. The fourth-order valence-electron chi connectivity index (χ4n) is 5.18. The van der Waals surface area contributed by atoms with Crippen molar-refractivity contribution in [2.45, 2.75) is 19.4 Å². The van der Waals surface area contributed by atoms with Crippen LogP contribution in [0.2, 0.25) is 0 Å². The number of hydrogen-bond acceptors (Lipinski definition) is 2. The minimum atomic E-state index is 0.367. The standard InChI is InChI=1S/C20H26N2O2/c1-3-17-9-15(1)10-18(17)13-22-7-5-21(6-8-22)12-16-2-4-19-20(11-16)24-14-23-19/h1-4,11,15,17-18H,5-10,12-14H2/p+2/t15-,17+,18-/m1/s1. The van der Waals surface area contributed by atoms with Crippen LogP contribution >= 0.6 is 0 Å². The summed E-state index contributed by atoms with van der Waals surface area (Å²) in [6, 6.07) is 6.42. The van der Waals surface area contributed by atoms with E-state index in [1.54, 1.807) is 4.90 Å². The average Bonchev–Trinajstić information content (AvgIpc) is 3.32. The Bertz CT molecular complexity index is 637. The molecular weight excluding hydrogens is 300 g/mol. The third-order valence-electron chi connectivity index (χ3n) is 6.52. The molecule has 0 radical (unpaired) electrons. The first-order valence-corrected chi connectivity index (χ1v) is 9.57. The van der Waals surface area contributed by atoms with Crippen molar-refractivity contribution in [3.8, 4) is 11.5 Å². The number of piperazine rings is 1. The van der Waals surface area contributed by atoms with Crippen molar-refractivity contribution in [1.29, 1.82) is 0 Å². The van der Waals surface area contributed by atoms with Gasteiger partial charge in [-0.15, -0.1) is 0 Å². The number of fused-ring (bicyclic) bond motifs is 3. The molecule has 2 heterocycles. The van der Waals surface area contributed by atoms with Crippen molar-refractivity contribution in [2.75, 3.05) is 39.5 Å². The number of allylic oxidation sites excluding steroid dienone is 2. The maximum atomic E-state index is 5.50. The second-order valence-electron chi connectivity index (χ2n) is 8.11. The first kappa shape index (κ1) is 14.8. The van der Waals surface area contributed by atoms with Crippen LogP contribution in [0.5, 0.6) is 11.5 Å². The van der Waals surface area contributed by atoms with Crippen LogP contribution in [-0.4, -0.2) is 39.5 Å². The minimum absolute atomic E-state index is 0.367. The van der Waals surface area contributed by atoms with E-state index < -0.39 is 0 Å². The fraction of sp³-hybridized carbons (Fsp3) is 0.600. The molecule has 1 saturated carbocycles. The van der Waals surface area contributed by atoms with Gasteiger partial charge in [-0.3, -0.25) is 0 Å². The summed E-state index contributed by atoms with van der Waals surface area (Å²) >= 11 is 0. The zero-order valence-electron chi connectivity index (χ0n) is 14.3. The van der Waals surface area contributed by atoms with E-state index in [1.807, 2.05) is 4.90 Å². The number of ether oxygens (including phenoxy) is 2. The highest BCUT2D eigenvalue weighted by Crippen LogP contribution is 2.42. The molecule has 4 aliphatic rings. The van der Waals surface area contributed by atoms with Gasteiger partial charge in [-0.25, -0.2) is 0 Å². The second-order valence-corrected chi connectivity index (χ2v) is 8.11. The minimum Gasteiger partial charge on any atom is -0.454 e. The molecular formula is C20H28N2O2+2. The molecule has 2 fully saturated rings. The summed E-state index contributed by atoms with van der Waals surface area (Å²) in [6.45, 7) is 8.13.